The lowest BCUT2D eigenvalue weighted by molar-refractivity contribution is 0.106. The molecule has 0 aromatic heterocycles. The van der Waals surface area contributed by atoms with Gasteiger partial charge in [-0.2, -0.15) is 0 Å². The van der Waals surface area contributed by atoms with Crippen molar-refractivity contribution in [2.45, 2.75) is 0 Å². The first-order valence-electron chi connectivity index (χ1n) is 10.8. The molecule has 0 N–H and O–H groups in total. The minimum Gasteiger partial charge on any atom is -0.275 e. The van der Waals surface area contributed by atoms with E-state index >= 15 is 0 Å². The van der Waals surface area contributed by atoms with Crippen molar-refractivity contribution in [1.29, 1.82) is 0 Å². The number of rotatable bonds is 9. The van der Waals surface area contributed by atoms with Gasteiger partial charge in [0.05, 0.1) is 84.5 Å². The van der Waals surface area contributed by atoms with Crippen molar-refractivity contribution < 1.29 is 28.8 Å². The van der Waals surface area contributed by atoms with E-state index in [4.69, 9.17) is 174 Å². The lowest BCUT2D eigenvalue weighted by atomic mass is 9.80. The summed E-state index contributed by atoms with van der Waals surface area (Å²) in [5, 5.41) is -15.2. The maximum Gasteiger partial charge on any atom is 0.255 e. The van der Waals surface area contributed by atoms with Crippen LogP contribution in [0.1, 0.15) is 78.8 Å². The second-order valence-corrected chi connectivity index (χ2v) is 13.7. The predicted octanol–water partition coefficient (Wildman–Crippen LogP) is 12.9. The van der Waals surface area contributed by atoms with E-state index in [9.17, 15) is 28.8 Å². The van der Waals surface area contributed by atoms with E-state index in [0.29, 0.717) is 0 Å². The summed E-state index contributed by atoms with van der Waals surface area (Å²) >= 11 is 92.9. The number of hydrogen-bond donors (Lipinski definition) is 0. The van der Waals surface area contributed by atoms with Gasteiger partial charge in [0.2, 0.25) is 0 Å². The van der Waals surface area contributed by atoms with Gasteiger partial charge in [-0.1, -0.05) is 104 Å². The lowest BCUT2D eigenvalue weighted by Gasteiger charge is -2.29. The highest BCUT2D eigenvalue weighted by atomic mass is 35.5. The summed E-state index contributed by atoms with van der Waals surface area (Å²) in [6.45, 7) is 0. The molecule has 0 saturated carbocycles. The van der Waals surface area contributed by atoms with Crippen molar-refractivity contribution in [1.82, 2.24) is 0 Å². The van der Waals surface area contributed by atoms with Gasteiger partial charge < -0.3 is 0 Å². The first-order valence-corrected chi connectivity index (χ1v) is 16.5. The van der Waals surface area contributed by atoms with Crippen LogP contribution in [0.25, 0.3) is 0 Å². The Hall–Kier alpha value is 0.0300. The van der Waals surface area contributed by atoms with Crippen LogP contribution in [0.5, 0.6) is 0 Å². The van der Waals surface area contributed by atoms with Gasteiger partial charge in [0, 0.05) is 16.7 Å². The molecule has 3 rings (SSSR count). The van der Waals surface area contributed by atoms with Crippen molar-refractivity contribution in [2.75, 3.05) is 0 Å². The number of hydrogen-bond acceptors (Lipinski definition) is 6. The Morgan fingerprint density at radius 3 is 0.457 bits per heavy atom. The van der Waals surface area contributed by atoms with Crippen LogP contribution in [-0.2, 0) is 0 Å². The Morgan fingerprint density at radius 2 is 0.348 bits per heavy atom. The van der Waals surface area contributed by atoms with Gasteiger partial charge >= 0.3 is 0 Å². The van der Waals surface area contributed by atoms with Gasteiger partial charge in [0.25, 0.3) is 31.5 Å². The minimum atomic E-state index is -1.38. The van der Waals surface area contributed by atoms with E-state index in [1.165, 1.54) is 0 Å². The van der Waals surface area contributed by atoms with Crippen LogP contribution in [0.15, 0.2) is 0 Å². The highest BCUT2D eigenvalue weighted by Gasteiger charge is 2.42. The standard InChI is InChI=1S/C25Cl15O6/c26-11-2(12(27)6(21(36)42)17(32)5(11)20(35)41)1(3-13(28)7(22(37)43)18(33)8(14(3)29)23(38)44)4-15(30)9(24(39)45)19(34)10(16(4)31)25(40)46. The molecule has 1 radical (unpaired) electrons. The largest absolute Gasteiger partial charge is 0.275 e. The summed E-state index contributed by atoms with van der Waals surface area (Å²) in [5.41, 5.74) is -6.93. The highest BCUT2D eigenvalue weighted by molar-refractivity contribution is 6.75. The Morgan fingerprint density at radius 1 is 0.239 bits per heavy atom. The first kappa shape index (κ1) is 40.5. The summed E-state index contributed by atoms with van der Waals surface area (Å²) in [6, 6.07) is 0. The number of carbonyl (C=O) groups is 6. The zero-order valence-corrected chi connectivity index (χ0v) is 32.0. The zero-order chi connectivity index (χ0) is 35.4. The third-order valence-electron chi connectivity index (χ3n) is 5.88. The number of carbonyl (C=O) groups excluding carboxylic acids is 6. The van der Waals surface area contributed by atoms with Crippen molar-refractivity contribution in [3.63, 3.8) is 0 Å². The lowest BCUT2D eigenvalue weighted by Crippen LogP contribution is -2.18. The van der Waals surface area contributed by atoms with Crippen molar-refractivity contribution >= 4 is 205 Å². The van der Waals surface area contributed by atoms with Crippen molar-refractivity contribution in [3.8, 4) is 0 Å². The van der Waals surface area contributed by atoms with Gasteiger partial charge in [0.15, 0.2) is 0 Å². The fourth-order valence-corrected chi connectivity index (χ4v) is 9.51. The summed E-state index contributed by atoms with van der Waals surface area (Å²) in [4.78, 5) is 75.3. The van der Waals surface area contributed by atoms with Crippen molar-refractivity contribution in [2.24, 2.45) is 0 Å². The maximum absolute atomic E-state index is 12.6. The topological polar surface area (TPSA) is 102 Å². The van der Waals surface area contributed by atoms with Gasteiger partial charge in [0.1, 0.15) is 0 Å². The van der Waals surface area contributed by atoms with Crippen LogP contribution in [0.4, 0.5) is 0 Å². The van der Waals surface area contributed by atoms with E-state index in [0.717, 1.165) is 0 Å². The van der Waals surface area contributed by atoms with Crippen LogP contribution >= 0.6 is 174 Å². The molecule has 0 heterocycles. The zero-order valence-electron chi connectivity index (χ0n) is 20.6. The maximum atomic E-state index is 12.6. The number of benzene rings is 3. The second-order valence-electron chi connectivity index (χ2n) is 8.22. The SMILES string of the molecule is O=C(Cl)c1c(Cl)c([C](c2c(Cl)c(C(=O)Cl)c(Cl)c(C(=O)Cl)c2Cl)c2c(Cl)c(C(=O)Cl)c(Cl)c(C(=O)Cl)c2Cl)c(Cl)c(C(=O)Cl)c1Cl. The average molecular weight is 928 g/mol. The summed E-state index contributed by atoms with van der Waals surface area (Å²) in [5.74, 6) is -0.750. The summed E-state index contributed by atoms with van der Waals surface area (Å²) in [6.07, 6.45) is 0. The Labute approximate surface area is 332 Å². The summed E-state index contributed by atoms with van der Waals surface area (Å²) in [7, 11) is 0. The monoisotopic (exact) mass is 921 g/mol. The van der Waals surface area contributed by atoms with Gasteiger partial charge in [-0.05, 0) is 69.6 Å². The van der Waals surface area contributed by atoms with Crippen molar-refractivity contribution in [3.05, 3.63) is 101 Å². The molecule has 0 amide bonds. The summed E-state index contributed by atoms with van der Waals surface area (Å²) < 4.78 is 0. The van der Waals surface area contributed by atoms with Gasteiger partial charge in [-0.25, -0.2) is 0 Å². The molecule has 3 aromatic rings. The molecular formula is C25Cl15O6. The van der Waals surface area contributed by atoms with Crippen LogP contribution in [0.2, 0.25) is 45.2 Å². The smallest absolute Gasteiger partial charge is 0.255 e. The fourth-order valence-electron chi connectivity index (χ4n) is 4.06. The molecule has 0 aliphatic carbocycles. The molecule has 0 unspecified atom stereocenters. The van der Waals surface area contributed by atoms with Crippen LogP contribution < -0.4 is 0 Å². The molecule has 6 nitrogen and oxygen atoms in total. The van der Waals surface area contributed by atoms with Gasteiger partial charge in [-0.15, -0.1) is 0 Å². The fraction of sp³-hybridized carbons (Fsp3) is 0. The Bertz CT molecular complexity index is 1620. The van der Waals surface area contributed by atoms with E-state index in [2.05, 4.69) is 0 Å². The van der Waals surface area contributed by atoms with E-state index in [1.807, 2.05) is 0 Å². The van der Waals surface area contributed by atoms with Gasteiger partial charge in [-0.3, -0.25) is 28.8 Å². The van der Waals surface area contributed by atoms with Crippen LogP contribution in [-0.4, -0.2) is 31.5 Å². The Balaban J connectivity index is 2.97. The predicted molar refractivity (Wildman–Crippen MR) is 186 cm³/mol. The third-order valence-corrected chi connectivity index (χ3v) is 10.4. The molecule has 0 atom stereocenters. The Kier molecular flexibility index (Phi) is 13.6. The molecule has 21 heteroatoms. The minimum absolute atomic E-state index is 0.722. The van der Waals surface area contributed by atoms with Crippen LogP contribution in [0, 0.1) is 5.92 Å². The molecule has 0 fully saturated rings. The molecule has 0 aliphatic heterocycles. The van der Waals surface area contributed by atoms with E-state index in [-0.39, 0.29) is 0 Å². The highest BCUT2D eigenvalue weighted by Crippen LogP contribution is 2.55. The molecular weight excluding hydrogens is 928 g/mol. The average Bonchev–Trinajstić information content (AvgIpc) is 2.86. The van der Waals surface area contributed by atoms with E-state index < -0.39 is 133 Å². The second kappa shape index (κ2) is 15.5. The molecule has 0 spiro atoms. The normalized spacial score (nSPS) is 11.2. The molecule has 3 aromatic carbocycles. The number of halogens is 15. The first-order chi connectivity index (χ1) is 21.1. The van der Waals surface area contributed by atoms with Crippen LogP contribution in [0.3, 0.4) is 0 Å². The molecule has 241 valence electrons. The quantitative estimate of drug-likeness (QED) is 0.156. The molecule has 0 bridgehead atoms. The molecule has 46 heavy (non-hydrogen) atoms. The third kappa shape index (κ3) is 6.99. The molecule has 0 aliphatic rings. The molecule has 0 saturated heterocycles. The van der Waals surface area contributed by atoms with E-state index in [1.54, 1.807) is 0 Å².